The molecule has 0 aromatic carbocycles. The van der Waals surface area contributed by atoms with E-state index >= 15 is 0 Å². The van der Waals surface area contributed by atoms with Crippen molar-refractivity contribution in [2.24, 2.45) is 0 Å². The van der Waals surface area contributed by atoms with Gasteiger partial charge < -0.3 is 14.6 Å². The van der Waals surface area contributed by atoms with E-state index in [-0.39, 0.29) is 5.91 Å². The first kappa shape index (κ1) is 16.0. The number of imidazole rings is 1. The molecule has 0 saturated carbocycles. The second kappa shape index (κ2) is 6.70. The fourth-order valence-electron chi connectivity index (χ4n) is 2.65. The Morgan fingerprint density at radius 2 is 2.00 bits per heavy atom. The number of anilines is 2. The number of rotatable bonds is 5. The van der Waals surface area contributed by atoms with Gasteiger partial charge in [-0.25, -0.2) is 9.97 Å². The van der Waals surface area contributed by atoms with Gasteiger partial charge in [0.15, 0.2) is 0 Å². The summed E-state index contributed by atoms with van der Waals surface area (Å²) >= 11 is 0. The average molecular weight is 323 g/mol. The standard InChI is InChI=1S/C18H21N5O/c1-4-22(5-2)16-10-9-14(11-19-16)20-18(24)15-12-23-13(3)7-6-8-17(23)21-15/h6-12H,4-5H2,1-3H3,(H,20,24). The van der Waals surface area contributed by atoms with Crippen LogP contribution in [0.25, 0.3) is 5.65 Å². The van der Waals surface area contributed by atoms with E-state index < -0.39 is 0 Å². The van der Waals surface area contributed by atoms with Crippen molar-refractivity contribution in [2.45, 2.75) is 20.8 Å². The molecule has 0 atom stereocenters. The Kier molecular flexibility index (Phi) is 4.46. The van der Waals surface area contributed by atoms with Gasteiger partial charge >= 0.3 is 0 Å². The highest BCUT2D eigenvalue weighted by molar-refractivity contribution is 6.03. The maximum absolute atomic E-state index is 12.4. The van der Waals surface area contributed by atoms with Crippen molar-refractivity contribution < 1.29 is 4.79 Å². The fraction of sp³-hybridized carbons (Fsp3) is 0.278. The van der Waals surface area contributed by atoms with Gasteiger partial charge in [0.2, 0.25) is 0 Å². The maximum atomic E-state index is 12.4. The lowest BCUT2D eigenvalue weighted by Gasteiger charge is -2.19. The molecule has 3 aromatic rings. The monoisotopic (exact) mass is 323 g/mol. The first-order chi connectivity index (χ1) is 11.6. The minimum absolute atomic E-state index is 0.240. The number of hydrogen-bond acceptors (Lipinski definition) is 4. The highest BCUT2D eigenvalue weighted by Crippen LogP contribution is 2.15. The van der Waals surface area contributed by atoms with Crippen LogP contribution in [0.15, 0.2) is 42.7 Å². The minimum atomic E-state index is -0.240. The van der Waals surface area contributed by atoms with Crippen LogP contribution in [0.2, 0.25) is 0 Å². The number of aryl methyl sites for hydroxylation is 1. The molecule has 0 aliphatic rings. The minimum Gasteiger partial charge on any atom is -0.357 e. The van der Waals surface area contributed by atoms with Crippen molar-refractivity contribution in [3.63, 3.8) is 0 Å². The van der Waals surface area contributed by atoms with Crippen LogP contribution in [0.3, 0.4) is 0 Å². The van der Waals surface area contributed by atoms with Gasteiger partial charge in [0, 0.05) is 25.0 Å². The molecule has 0 bridgehead atoms. The van der Waals surface area contributed by atoms with E-state index in [1.807, 2.05) is 41.7 Å². The summed E-state index contributed by atoms with van der Waals surface area (Å²) in [6, 6.07) is 9.56. The number of amides is 1. The molecule has 6 heteroatoms. The van der Waals surface area contributed by atoms with Crippen LogP contribution in [0, 0.1) is 6.92 Å². The second-order valence-electron chi connectivity index (χ2n) is 5.55. The number of nitrogens with one attached hydrogen (secondary N) is 1. The lowest BCUT2D eigenvalue weighted by molar-refractivity contribution is 0.102. The lowest BCUT2D eigenvalue weighted by atomic mass is 10.3. The third kappa shape index (κ3) is 3.08. The van der Waals surface area contributed by atoms with Crippen molar-refractivity contribution in [3.8, 4) is 0 Å². The van der Waals surface area contributed by atoms with E-state index in [4.69, 9.17) is 0 Å². The molecular formula is C18H21N5O. The van der Waals surface area contributed by atoms with Gasteiger partial charge in [-0.3, -0.25) is 4.79 Å². The summed E-state index contributed by atoms with van der Waals surface area (Å²) < 4.78 is 1.90. The third-order valence-electron chi connectivity index (χ3n) is 4.02. The summed E-state index contributed by atoms with van der Waals surface area (Å²) in [7, 11) is 0. The van der Waals surface area contributed by atoms with Crippen LogP contribution in [-0.4, -0.2) is 33.4 Å². The molecule has 3 aromatic heterocycles. The van der Waals surface area contributed by atoms with Gasteiger partial charge in [0.1, 0.15) is 17.2 Å². The van der Waals surface area contributed by atoms with Crippen molar-refractivity contribution in [3.05, 3.63) is 54.1 Å². The van der Waals surface area contributed by atoms with Crippen LogP contribution in [-0.2, 0) is 0 Å². The van der Waals surface area contributed by atoms with Crippen molar-refractivity contribution >= 4 is 23.1 Å². The first-order valence-corrected chi connectivity index (χ1v) is 8.09. The van der Waals surface area contributed by atoms with E-state index in [1.165, 1.54) is 0 Å². The van der Waals surface area contributed by atoms with E-state index in [0.29, 0.717) is 11.4 Å². The molecule has 124 valence electrons. The van der Waals surface area contributed by atoms with Gasteiger partial charge in [0.25, 0.3) is 5.91 Å². The Bertz CT molecular complexity index is 849. The second-order valence-corrected chi connectivity index (χ2v) is 5.55. The zero-order valence-electron chi connectivity index (χ0n) is 14.2. The van der Waals surface area contributed by atoms with Crippen LogP contribution in [0.4, 0.5) is 11.5 Å². The molecule has 3 rings (SSSR count). The average Bonchev–Trinajstić information content (AvgIpc) is 3.03. The quantitative estimate of drug-likeness (QED) is 0.783. The molecule has 1 amide bonds. The summed E-state index contributed by atoms with van der Waals surface area (Å²) in [5.41, 5.74) is 2.83. The molecule has 0 saturated heterocycles. The lowest BCUT2D eigenvalue weighted by Crippen LogP contribution is -2.22. The summed E-state index contributed by atoms with van der Waals surface area (Å²) in [4.78, 5) is 23.3. The Morgan fingerprint density at radius 1 is 1.21 bits per heavy atom. The molecule has 0 fully saturated rings. The molecule has 6 nitrogen and oxygen atoms in total. The van der Waals surface area contributed by atoms with Gasteiger partial charge in [-0.15, -0.1) is 0 Å². The number of pyridine rings is 2. The van der Waals surface area contributed by atoms with Gasteiger partial charge in [0.05, 0.1) is 11.9 Å². The molecule has 3 heterocycles. The smallest absolute Gasteiger partial charge is 0.275 e. The largest absolute Gasteiger partial charge is 0.357 e. The van der Waals surface area contributed by atoms with Crippen LogP contribution in [0.1, 0.15) is 30.0 Å². The van der Waals surface area contributed by atoms with E-state index in [1.54, 1.807) is 12.4 Å². The summed E-state index contributed by atoms with van der Waals surface area (Å²) in [5, 5.41) is 2.85. The predicted molar refractivity (Wildman–Crippen MR) is 95.7 cm³/mol. The molecule has 0 spiro atoms. The SMILES string of the molecule is CCN(CC)c1ccc(NC(=O)c2cn3c(C)cccc3n2)cn1. The Morgan fingerprint density at radius 3 is 2.62 bits per heavy atom. The Hall–Kier alpha value is -2.89. The molecule has 24 heavy (non-hydrogen) atoms. The molecular weight excluding hydrogens is 302 g/mol. The highest BCUT2D eigenvalue weighted by Gasteiger charge is 2.12. The summed E-state index contributed by atoms with van der Waals surface area (Å²) in [6.07, 6.45) is 3.42. The van der Waals surface area contributed by atoms with Crippen LogP contribution >= 0.6 is 0 Å². The molecule has 0 radical (unpaired) electrons. The summed E-state index contributed by atoms with van der Waals surface area (Å²) in [5.74, 6) is 0.664. The molecule has 1 N–H and O–H groups in total. The fourth-order valence-corrected chi connectivity index (χ4v) is 2.65. The number of fused-ring (bicyclic) bond motifs is 1. The zero-order valence-corrected chi connectivity index (χ0v) is 14.2. The Balaban J connectivity index is 1.77. The van der Waals surface area contributed by atoms with Crippen LogP contribution in [0.5, 0.6) is 0 Å². The Labute approximate surface area is 141 Å². The number of hydrogen-bond donors (Lipinski definition) is 1. The van der Waals surface area contributed by atoms with Crippen molar-refractivity contribution in [2.75, 3.05) is 23.3 Å². The number of carbonyl (C=O) groups excluding carboxylic acids is 1. The van der Waals surface area contributed by atoms with Gasteiger partial charge in [-0.05, 0) is 45.0 Å². The molecule has 0 aliphatic heterocycles. The normalized spacial score (nSPS) is 10.8. The third-order valence-corrected chi connectivity index (χ3v) is 4.02. The maximum Gasteiger partial charge on any atom is 0.275 e. The van der Waals surface area contributed by atoms with Gasteiger partial charge in [-0.2, -0.15) is 0 Å². The topological polar surface area (TPSA) is 62.5 Å². The van der Waals surface area contributed by atoms with E-state index in [9.17, 15) is 4.79 Å². The van der Waals surface area contributed by atoms with E-state index in [0.717, 1.165) is 30.2 Å². The van der Waals surface area contributed by atoms with Crippen molar-refractivity contribution in [1.29, 1.82) is 0 Å². The summed E-state index contributed by atoms with van der Waals surface area (Å²) in [6.45, 7) is 7.95. The zero-order chi connectivity index (χ0) is 17.1. The highest BCUT2D eigenvalue weighted by atomic mass is 16.1. The van der Waals surface area contributed by atoms with Gasteiger partial charge in [-0.1, -0.05) is 6.07 Å². The number of carbonyl (C=O) groups is 1. The molecule has 0 unspecified atom stereocenters. The van der Waals surface area contributed by atoms with Crippen molar-refractivity contribution in [1.82, 2.24) is 14.4 Å². The van der Waals surface area contributed by atoms with Crippen LogP contribution < -0.4 is 10.2 Å². The predicted octanol–water partition coefficient (Wildman–Crippen LogP) is 3.14. The number of aromatic nitrogens is 3. The first-order valence-electron chi connectivity index (χ1n) is 8.09. The van der Waals surface area contributed by atoms with E-state index in [2.05, 4.69) is 34.0 Å². The molecule has 0 aliphatic carbocycles. The number of nitrogens with zero attached hydrogens (tertiary/aromatic N) is 4.